The maximum atomic E-state index is 12.3. The number of hydrogen-bond donors (Lipinski definition) is 1. The first kappa shape index (κ1) is 36.4. The molecule has 0 aromatic carbocycles. The lowest BCUT2D eigenvalue weighted by molar-refractivity contribution is -0.114. The molecule has 2 aliphatic carbocycles. The van der Waals surface area contributed by atoms with E-state index in [0.717, 1.165) is 46.3 Å². The molecule has 0 amide bonds. The molecule has 3 aliphatic rings. The number of rotatable bonds is 12. The van der Waals surface area contributed by atoms with Crippen LogP contribution >= 0.6 is 0 Å². The van der Waals surface area contributed by atoms with Crippen molar-refractivity contribution in [3.63, 3.8) is 0 Å². The molecule has 0 aromatic rings. The Morgan fingerprint density at radius 1 is 0.756 bits per heavy atom. The van der Waals surface area contributed by atoms with Crippen molar-refractivity contribution in [1.82, 2.24) is 0 Å². The summed E-state index contributed by atoms with van der Waals surface area (Å²) in [6.45, 7) is 20.8. The van der Waals surface area contributed by atoms with Gasteiger partial charge in [-0.2, -0.15) is 0 Å². The van der Waals surface area contributed by atoms with Gasteiger partial charge in [0.15, 0.2) is 5.78 Å². The second-order valence-electron chi connectivity index (χ2n) is 14.6. The number of aliphatic hydroxyl groups is 1. The highest BCUT2D eigenvalue weighted by molar-refractivity contribution is 5.96. The highest BCUT2D eigenvalue weighted by Crippen LogP contribution is 2.66. The number of carbonyl (C=O) groups excluding carboxylic acids is 1. The molecule has 1 saturated heterocycles. The molecular formula is C41H56O4. The number of methoxy groups -OCH3 is 1. The van der Waals surface area contributed by atoms with Crippen molar-refractivity contribution in [3.05, 3.63) is 119 Å². The summed E-state index contributed by atoms with van der Waals surface area (Å²) in [4.78, 5) is 12.3. The van der Waals surface area contributed by atoms with Crippen LogP contribution in [0.15, 0.2) is 119 Å². The van der Waals surface area contributed by atoms with E-state index in [-0.39, 0.29) is 40.0 Å². The quantitative estimate of drug-likeness (QED) is 0.176. The van der Waals surface area contributed by atoms with Gasteiger partial charge in [0.05, 0.1) is 12.2 Å². The fraction of sp³-hybridized carbons (Fsp3) is 0.488. The molecule has 0 spiro atoms. The van der Waals surface area contributed by atoms with Crippen LogP contribution in [-0.2, 0) is 14.3 Å². The number of epoxide rings is 1. The number of carbonyl (C=O) groups is 1. The zero-order valence-electron chi connectivity index (χ0n) is 29.5. The first-order chi connectivity index (χ1) is 21.0. The van der Waals surface area contributed by atoms with Gasteiger partial charge in [0, 0.05) is 24.5 Å². The molecular weight excluding hydrogens is 556 g/mol. The minimum atomic E-state index is -0.299. The molecule has 4 nitrogen and oxygen atoms in total. The van der Waals surface area contributed by atoms with Gasteiger partial charge in [-0.05, 0) is 71.4 Å². The molecule has 1 aliphatic heterocycles. The molecule has 0 bridgehead atoms. The average molecular weight is 613 g/mol. The average Bonchev–Trinajstić information content (AvgIpc) is 3.46. The van der Waals surface area contributed by atoms with Crippen LogP contribution in [0, 0.1) is 10.8 Å². The second kappa shape index (κ2) is 14.6. The minimum Gasteiger partial charge on any atom is -0.393 e. The molecule has 0 radical (unpaired) electrons. The summed E-state index contributed by atoms with van der Waals surface area (Å²) in [7, 11) is 1.68. The van der Waals surface area contributed by atoms with Crippen LogP contribution in [0.4, 0.5) is 0 Å². The van der Waals surface area contributed by atoms with E-state index >= 15 is 0 Å². The van der Waals surface area contributed by atoms with Crippen LogP contribution in [0.2, 0.25) is 0 Å². The molecule has 1 unspecified atom stereocenters. The lowest BCUT2D eigenvalue weighted by Crippen LogP contribution is -2.46. The normalized spacial score (nSPS) is 31.0. The van der Waals surface area contributed by atoms with Crippen molar-refractivity contribution in [2.45, 2.75) is 112 Å². The number of ketones is 1. The second-order valence-corrected chi connectivity index (χ2v) is 14.6. The Morgan fingerprint density at radius 2 is 1.27 bits per heavy atom. The highest BCUT2D eigenvalue weighted by Gasteiger charge is 2.74. The zero-order chi connectivity index (χ0) is 33.6. The molecule has 2 fully saturated rings. The maximum Gasteiger partial charge on any atom is 0.158 e. The Morgan fingerprint density at radius 3 is 1.78 bits per heavy atom. The largest absolute Gasteiger partial charge is 0.393 e. The summed E-state index contributed by atoms with van der Waals surface area (Å²) in [5.74, 6) is 0.0850. The van der Waals surface area contributed by atoms with E-state index in [1.165, 1.54) is 0 Å². The van der Waals surface area contributed by atoms with Crippen molar-refractivity contribution in [2.75, 3.05) is 7.11 Å². The van der Waals surface area contributed by atoms with Crippen molar-refractivity contribution in [1.29, 1.82) is 0 Å². The number of Topliss-reactive ketones (excluding diaryl/α,β-unsaturated/α-hetero) is 1. The summed E-state index contributed by atoms with van der Waals surface area (Å²) in [5.41, 5.74) is 5.69. The van der Waals surface area contributed by atoms with E-state index in [0.29, 0.717) is 6.42 Å². The predicted octanol–water partition coefficient (Wildman–Crippen LogP) is 9.59. The molecule has 1 N–H and O–H groups in total. The fourth-order valence-electron chi connectivity index (χ4n) is 7.03. The van der Waals surface area contributed by atoms with Crippen LogP contribution in [0.25, 0.3) is 0 Å². The van der Waals surface area contributed by atoms with Gasteiger partial charge in [-0.15, -0.1) is 0 Å². The van der Waals surface area contributed by atoms with E-state index < -0.39 is 0 Å². The monoisotopic (exact) mass is 612 g/mol. The summed E-state index contributed by atoms with van der Waals surface area (Å²) in [5, 5.41) is 10.3. The van der Waals surface area contributed by atoms with Gasteiger partial charge >= 0.3 is 0 Å². The Kier molecular flexibility index (Phi) is 11.8. The molecule has 3 rings (SSSR count). The van der Waals surface area contributed by atoms with E-state index in [1.807, 2.05) is 0 Å². The van der Waals surface area contributed by atoms with Crippen LogP contribution in [-0.4, -0.2) is 41.4 Å². The first-order valence-corrected chi connectivity index (χ1v) is 16.2. The van der Waals surface area contributed by atoms with Gasteiger partial charge in [0.25, 0.3) is 0 Å². The Labute approximate surface area is 273 Å². The van der Waals surface area contributed by atoms with Gasteiger partial charge in [-0.3, -0.25) is 4.79 Å². The molecule has 4 heteroatoms. The maximum absolute atomic E-state index is 12.3. The molecule has 45 heavy (non-hydrogen) atoms. The topological polar surface area (TPSA) is 59.1 Å². The standard InChI is InChI=1S/C41H56O4/c1-29(18-14-20-31(3)22-23-35-37(33(5)42)36(44-11)28-38(35,6)7)16-12-13-17-30(2)19-15-21-32(4)24-25-41-39(8,9)26-34(43)27-40(41,10)45-41/h12-25,34,36,43H,26-28H2,1-11H3/b13-12+,18-14+,19-15+,23-22+,25-24+,29-16+,30-17+,31-20+,32-21+/t34-,36?,40+,41-/m0/s1. The van der Waals surface area contributed by atoms with Gasteiger partial charge in [-0.25, -0.2) is 0 Å². The van der Waals surface area contributed by atoms with Crippen molar-refractivity contribution in [2.24, 2.45) is 10.8 Å². The van der Waals surface area contributed by atoms with Crippen LogP contribution in [0.1, 0.15) is 88.5 Å². The fourth-order valence-corrected chi connectivity index (χ4v) is 7.03. The Bertz CT molecular complexity index is 1430. The first-order valence-electron chi connectivity index (χ1n) is 16.2. The molecule has 1 heterocycles. The number of hydrogen-bond acceptors (Lipinski definition) is 4. The zero-order valence-corrected chi connectivity index (χ0v) is 29.5. The SMILES string of the molecule is COC1CC(C)(C)C(/C=C/C(C)=C/C=C/C(C)=C/C=C/C=C(C)/C=C/C=C(C)/C=C/[C@@]23O[C@]2(C)C[C@@H](O)CC3(C)C)=C1C(C)=O. The van der Waals surface area contributed by atoms with E-state index in [1.54, 1.807) is 14.0 Å². The summed E-state index contributed by atoms with van der Waals surface area (Å²) < 4.78 is 11.8. The van der Waals surface area contributed by atoms with E-state index in [9.17, 15) is 9.90 Å². The van der Waals surface area contributed by atoms with Crippen LogP contribution in [0.3, 0.4) is 0 Å². The van der Waals surface area contributed by atoms with E-state index in [4.69, 9.17) is 9.47 Å². The van der Waals surface area contributed by atoms with Gasteiger partial charge in [-0.1, -0.05) is 129 Å². The molecule has 1 saturated carbocycles. The van der Waals surface area contributed by atoms with Crippen molar-refractivity contribution >= 4 is 5.78 Å². The highest BCUT2D eigenvalue weighted by atomic mass is 16.6. The number of aliphatic hydroxyl groups excluding tert-OH is 1. The predicted molar refractivity (Wildman–Crippen MR) is 189 cm³/mol. The van der Waals surface area contributed by atoms with E-state index in [2.05, 4.69) is 147 Å². The summed E-state index contributed by atoms with van der Waals surface area (Å²) in [6.07, 6.45) is 31.2. The minimum absolute atomic E-state index is 0.0850. The third-order valence-corrected chi connectivity index (χ3v) is 9.57. The third kappa shape index (κ3) is 8.82. The Balaban J connectivity index is 1.53. The van der Waals surface area contributed by atoms with Crippen LogP contribution < -0.4 is 0 Å². The van der Waals surface area contributed by atoms with Crippen molar-refractivity contribution < 1.29 is 19.4 Å². The number of fused-ring (bicyclic) bond motifs is 1. The van der Waals surface area contributed by atoms with Crippen LogP contribution in [0.5, 0.6) is 0 Å². The van der Waals surface area contributed by atoms with Gasteiger partial charge < -0.3 is 14.6 Å². The lowest BCUT2D eigenvalue weighted by atomic mass is 9.63. The number of allylic oxidation sites excluding steroid dienone is 18. The van der Waals surface area contributed by atoms with Crippen molar-refractivity contribution in [3.8, 4) is 0 Å². The van der Waals surface area contributed by atoms with Gasteiger partial charge in [0.1, 0.15) is 11.2 Å². The lowest BCUT2D eigenvalue weighted by Gasteiger charge is -2.39. The Hall–Kier alpha value is -3.05. The third-order valence-electron chi connectivity index (χ3n) is 9.57. The van der Waals surface area contributed by atoms with Gasteiger partial charge in [0.2, 0.25) is 0 Å². The molecule has 4 atom stereocenters. The smallest absolute Gasteiger partial charge is 0.158 e. The molecule has 244 valence electrons. The summed E-state index contributed by atoms with van der Waals surface area (Å²) in [6, 6.07) is 0. The summed E-state index contributed by atoms with van der Waals surface area (Å²) >= 11 is 0. The number of ether oxygens (including phenoxy) is 2. The molecule has 0 aromatic heterocycles.